The van der Waals surface area contributed by atoms with Crippen molar-refractivity contribution in [1.82, 2.24) is 15.6 Å². The van der Waals surface area contributed by atoms with Gasteiger partial charge in [-0.25, -0.2) is 4.98 Å². The van der Waals surface area contributed by atoms with E-state index in [1.807, 2.05) is 30.3 Å². The fourth-order valence-electron chi connectivity index (χ4n) is 2.31. The van der Waals surface area contributed by atoms with Gasteiger partial charge < -0.3 is 20.1 Å². The Morgan fingerprint density at radius 1 is 1.16 bits per heavy atom. The largest absolute Gasteiger partial charge is 0.475 e. The summed E-state index contributed by atoms with van der Waals surface area (Å²) in [6.07, 6.45) is 1.72. The monoisotopic (exact) mass is 342 g/mol. The molecule has 0 bridgehead atoms. The van der Waals surface area contributed by atoms with Crippen LogP contribution in [0.2, 0.25) is 0 Å². The van der Waals surface area contributed by atoms with E-state index in [9.17, 15) is 0 Å². The van der Waals surface area contributed by atoms with E-state index in [4.69, 9.17) is 9.47 Å². The second-order valence-corrected chi connectivity index (χ2v) is 5.51. The molecule has 0 saturated carbocycles. The number of rotatable bonds is 8. The van der Waals surface area contributed by atoms with Gasteiger partial charge in [-0.1, -0.05) is 36.4 Å². The highest BCUT2D eigenvalue weighted by Gasteiger charge is 2.09. The molecule has 0 amide bonds. The first-order valence-electron chi connectivity index (χ1n) is 8.32. The van der Waals surface area contributed by atoms with Crippen LogP contribution in [0.3, 0.4) is 0 Å². The van der Waals surface area contributed by atoms with E-state index in [1.165, 1.54) is 5.56 Å². The van der Waals surface area contributed by atoms with Crippen molar-refractivity contribution in [2.45, 2.75) is 19.5 Å². The Labute approximate surface area is 149 Å². The number of methoxy groups -OCH3 is 1. The summed E-state index contributed by atoms with van der Waals surface area (Å²) >= 11 is 0. The van der Waals surface area contributed by atoms with Crippen LogP contribution in [-0.4, -0.2) is 38.3 Å². The van der Waals surface area contributed by atoms with Crippen LogP contribution >= 0.6 is 0 Å². The topological polar surface area (TPSA) is 67.8 Å². The zero-order valence-electron chi connectivity index (χ0n) is 15.0. The minimum atomic E-state index is 0.152. The van der Waals surface area contributed by atoms with Crippen LogP contribution in [0.4, 0.5) is 0 Å². The van der Waals surface area contributed by atoms with Crippen molar-refractivity contribution in [3.63, 3.8) is 0 Å². The molecule has 0 aliphatic carbocycles. The summed E-state index contributed by atoms with van der Waals surface area (Å²) in [5, 5.41) is 6.69. The molecule has 1 atom stereocenters. The summed E-state index contributed by atoms with van der Waals surface area (Å²) in [5.74, 6) is 1.33. The molecule has 0 radical (unpaired) electrons. The van der Waals surface area contributed by atoms with E-state index in [0.717, 1.165) is 11.5 Å². The van der Waals surface area contributed by atoms with Crippen molar-refractivity contribution in [2.75, 3.05) is 27.4 Å². The highest BCUT2D eigenvalue weighted by molar-refractivity contribution is 5.80. The molecule has 0 saturated heterocycles. The zero-order valence-corrected chi connectivity index (χ0v) is 15.0. The summed E-state index contributed by atoms with van der Waals surface area (Å²) in [7, 11) is 3.40. The van der Waals surface area contributed by atoms with Crippen LogP contribution in [-0.2, 0) is 11.3 Å². The molecule has 134 valence electrons. The normalized spacial score (nSPS) is 12.5. The van der Waals surface area contributed by atoms with E-state index < -0.39 is 0 Å². The van der Waals surface area contributed by atoms with E-state index in [-0.39, 0.29) is 6.04 Å². The molecular weight excluding hydrogens is 316 g/mol. The lowest BCUT2D eigenvalue weighted by molar-refractivity contribution is 0.143. The predicted octanol–water partition coefficient (Wildman–Crippen LogP) is 2.53. The molecule has 0 fully saturated rings. The SMILES string of the molecule is CN=C(NCc1cccnc1OCCOC)NC(C)c1ccccc1. The molecule has 0 aliphatic rings. The average Bonchev–Trinajstić information content (AvgIpc) is 2.66. The van der Waals surface area contributed by atoms with Gasteiger partial charge in [0, 0.05) is 32.5 Å². The average molecular weight is 342 g/mol. The molecular formula is C19H26N4O2. The number of benzene rings is 1. The van der Waals surface area contributed by atoms with Gasteiger partial charge in [-0.3, -0.25) is 4.99 Å². The van der Waals surface area contributed by atoms with Crippen molar-refractivity contribution in [2.24, 2.45) is 4.99 Å². The summed E-state index contributed by atoms with van der Waals surface area (Å²) in [6.45, 7) is 3.67. The third kappa shape index (κ3) is 6.08. The summed E-state index contributed by atoms with van der Waals surface area (Å²) in [5.41, 5.74) is 2.17. The van der Waals surface area contributed by atoms with Crippen LogP contribution in [0.25, 0.3) is 0 Å². The first kappa shape index (κ1) is 18.7. The van der Waals surface area contributed by atoms with Crippen LogP contribution < -0.4 is 15.4 Å². The molecule has 0 spiro atoms. The molecule has 6 nitrogen and oxygen atoms in total. The maximum Gasteiger partial charge on any atom is 0.218 e. The third-order valence-electron chi connectivity index (χ3n) is 3.70. The van der Waals surface area contributed by atoms with Gasteiger partial charge in [-0.05, 0) is 18.6 Å². The maximum absolute atomic E-state index is 5.66. The van der Waals surface area contributed by atoms with Crippen LogP contribution in [0.15, 0.2) is 53.7 Å². The predicted molar refractivity (Wildman–Crippen MR) is 99.8 cm³/mol. The lowest BCUT2D eigenvalue weighted by Crippen LogP contribution is -2.38. The molecule has 1 unspecified atom stereocenters. The number of guanidine groups is 1. The second kappa shape index (κ2) is 10.3. The Bertz CT molecular complexity index is 661. The smallest absolute Gasteiger partial charge is 0.218 e. The summed E-state index contributed by atoms with van der Waals surface area (Å²) < 4.78 is 10.7. The molecule has 0 aliphatic heterocycles. The van der Waals surface area contributed by atoms with Crippen molar-refractivity contribution in [3.8, 4) is 5.88 Å². The fraction of sp³-hybridized carbons (Fsp3) is 0.368. The quantitative estimate of drug-likeness (QED) is 0.438. The van der Waals surface area contributed by atoms with Gasteiger partial charge in [-0.15, -0.1) is 0 Å². The van der Waals surface area contributed by atoms with Crippen LogP contribution in [0.5, 0.6) is 5.88 Å². The summed E-state index contributed by atoms with van der Waals surface area (Å²) in [6, 6.07) is 14.3. The Hall–Kier alpha value is -2.60. The molecule has 2 N–H and O–H groups in total. The van der Waals surface area contributed by atoms with Gasteiger partial charge in [0.2, 0.25) is 5.88 Å². The zero-order chi connectivity index (χ0) is 17.9. The van der Waals surface area contributed by atoms with Crippen molar-refractivity contribution < 1.29 is 9.47 Å². The van der Waals surface area contributed by atoms with Gasteiger partial charge in [0.15, 0.2) is 5.96 Å². The molecule has 6 heteroatoms. The minimum absolute atomic E-state index is 0.152. The lowest BCUT2D eigenvalue weighted by atomic mass is 10.1. The van der Waals surface area contributed by atoms with E-state index in [1.54, 1.807) is 20.4 Å². The van der Waals surface area contributed by atoms with Gasteiger partial charge in [0.25, 0.3) is 0 Å². The van der Waals surface area contributed by atoms with Crippen molar-refractivity contribution >= 4 is 5.96 Å². The number of nitrogens with one attached hydrogen (secondary N) is 2. The lowest BCUT2D eigenvalue weighted by Gasteiger charge is -2.19. The van der Waals surface area contributed by atoms with Gasteiger partial charge >= 0.3 is 0 Å². The molecule has 1 aromatic carbocycles. The molecule has 2 aromatic rings. The van der Waals surface area contributed by atoms with Gasteiger partial charge in [-0.2, -0.15) is 0 Å². The number of nitrogens with zero attached hydrogens (tertiary/aromatic N) is 2. The third-order valence-corrected chi connectivity index (χ3v) is 3.70. The highest BCUT2D eigenvalue weighted by Crippen LogP contribution is 2.14. The Morgan fingerprint density at radius 3 is 2.68 bits per heavy atom. The van der Waals surface area contributed by atoms with Gasteiger partial charge in [0.1, 0.15) is 6.61 Å². The second-order valence-electron chi connectivity index (χ2n) is 5.51. The Kier molecular flexibility index (Phi) is 7.72. The van der Waals surface area contributed by atoms with E-state index >= 15 is 0 Å². The number of hydrogen-bond acceptors (Lipinski definition) is 4. The highest BCUT2D eigenvalue weighted by atomic mass is 16.5. The van der Waals surface area contributed by atoms with E-state index in [0.29, 0.717) is 25.6 Å². The van der Waals surface area contributed by atoms with Crippen molar-refractivity contribution in [1.29, 1.82) is 0 Å². The number of aliphatic imine (C=N–C) groups is 1. The summed E-state index contributed by atoms with van der Waals surface area (Å²) in [4.78, 5) is 8.57. The standard InChI is InChI=1S/C19H26N4O2/c1-15(16-8-5-4-6-9-16)23-19(20-2)22-14-17-10-7-11-21-18(17)25-13-12-24-3/h4-11,15H,12-14H2,1-3H3,(H2,20,22,23). The van der Waals surface area contributed by atoms with Crippen LogP contribution in [0.1, 0.15) is 24.1 Å². The van der Waals surface area contributed by atoms with Crippen molar-refractivity contribution in [3.05, 3.63) is 59.8 Å². The van der Waals surface area contributed by atoms with E-state index in [2.05, 4.69) is 39.7 Å². The Morgan fingerprint density at radius 2 is 1.96 bits per heavy atom. The van der Waals surface area contributed by atoms with Gasteiger partial charge in [0.05, 0.1) is 12.6 Å². The Balaban J connectivity index is 1.92. The number of aromatic nitrogens is 1. The minimum Gasteiger partial charge on any atom is -0.475 e. The number of hydrogen-bond donors (Lipinski definition) is 2. The maximum atomic E-state index is 5.66. The molecule has 2 rings (SSSR count). The van der Waals surface area contributed by atoms with Crippen LogP contribution in [0, 0.1) is 0 Å². The first-order valence-corrected chi connectivity index (χ1v) is 8.32. The number of ether oxygens (including phenoxy) is 2. The molecule has 1 heterocycles. The first-order chi connectivity index (χ1) is 12.2. The number of pyridine rings is 1. The molecule has 25 heavy (non-hydrogen) atoms. The molecule has 1 aromatic heterocycles. The fourth-order valence-corrected chi connectivity index (χ4v) is 2.31.